The third-order valence-corrected chi connectivity index (χ3v) is 5.27. The van der Waals surface area contributed by atoms with Crippen molar-refractivity contribution < 1.29 is 18.7 Å². The Bertz CT molecular complexity index is 579. The number of esters is 1. The van der Waals surface area contributed by atoms with Gasteiger partial charge in [0, 0.05) is 24.8 Å². The van der Waals surface area contributed by atoms with Gasteiger partial charge in [-0.2, -0.15) is 0 Å². The van der Waals surface area contributed by atoms with Gasteiger partial charge in [-0.15, -0.1) is 11.8 Å². The highest BCUT2D eigenvalue weighted by Gasteiger charge is 2.26. The number of rotatable bonds is 6. The third kappa shape index (κ3) is 5.23. The molecular weight excluding hydrogens is 317 g/mol. The highest BCUT2D eigenvalue weighted by atomic mass is 32.2. The van der Waals surface area contributed by atoms with Crippen molar-refractivity contribution in [1.82, 2.24) is 4.90 Å². The molecule has 0 aromatic heterocycles. The van der Waals surface area contributed by atoms with Crippen molar-refractivity contribution in [2.75, 3.05) is 26.0 Å². The Balaban J connectivity index is 1.76. The first kappa shape index (κ1) is 17.8. The molecular formula is C17H22FNO3S. The first-order valence-corrected chi connectivity index (χ1v) is 8.75. The Hall–Kier alpha value is -1.56. The number of nitrogens with zero attached hydrogens (tertiary/aromatic N) is 1. The highest BCUT2D eigenvalue weighted by Crippen LogP contribution is 2.23. The number of carbonyl (C=O) groups excluding carboxylic acids is 2. The molecule has 0 N–H and O–H groups in total. The predicted molar refractivity (Wildman–Crippen MR) is 88.9 cm³/mol. The molecule has 0 aliphatic carbocycles. The summed E-state index contributed by atoms with van der Waals surface area (Å²) in [5, 5.41) is 0.297. The average molecular weight is 339 g/mol. The molecule has 1 amide bonds. The molecule has 0 unspecified atom stereocenters. The van der Waals surface area contributed by atoms with Crippen molar-refractivity contribution in [3.8, 4) is 0 Å². The number of likely N-dealkylation sites (tertiary alicyclic amines) is 1. The molecule has 1 saturated heterocycles. The number of carbonyl (C=O) groups is 2. The van der Waals surface area contributed by atoms with E-state index in [0.717, 1.165) is 18.5 Å². The van der Waals surface area contributed by atoms with Gasteiger partial charge in [-0.05, 0) is 37.0 Å². The van der Waals surface area contributed by atoms with Gasteiger partial charge in [-0.25, -0.2) is 4.39 Å². The SMILES string of the molecule is COC(=O)CS[C@@H]1CCN(C(=O)CCc2ccc(F)c(C)c2)C1. The van der Waals surface area contributed by atoms with E-state index in [-0.39, 0.29) is 17.7 Å². The maximum atomic E-state index is 13.2. The molecule has 0 radical (unpaired) electrons. The Morgan fingerprint density at radius 1 is 1.43 bits per heavy atom. The topological polar surface area (TPSA) is 46.6 Å². The molecule has 1 aromatic carbocycles. The van der Waals surface area contributed by atoms with Crippen molar-refractivity contribution in [3.05, 3.63) is 35.1 Å². The van der Waals surface area contributed by atoms with Crippen molar-refractivity contribution in [2.24, 2.45) is 0 Å². The van der Waals surface area contributed by atoms with Crippen LogP contribution in [-0.2, 0) is 20.7 Å². The molecule has 0 bridgehead atoms. The number of amides is 1. The number of hydrogen-bond acceptors (Lipinski definition) is 4. The van der Waals surface area contributed by atoms with E-state index in [2.05, 4.69) is 4.74 Å². The average Bonchev–Trinajstić information content (AvgIpc) is 3.02. The zero-order valence-electron chi connectivity index (χ0n) is 13.5. The molecule has 1 heterocycles. The lowest BCUT2D eigenvalue weighted by Crippen LogP contribution is -2.29. The molecule has 1 atom stereocenters. The highest BCUT2D eigenvalue weighted by molar-refractivity contribution is 8.00. The van der Waals surface area contributed by atoms with Crippen LogP contribution in [0.3, 0.4) is 0 Å². The van der Waals surface area contributed by atoms with E-state index in [4.69, 9.17) is 0 Å². The number of aryl methyl sites for hydroxylation is 2. The van der Waals surface area contributed by atoms with Crippen molar-refractivity contribution in [2.45, 2.75) is 31.4 Å². The first-order chi connectivity index (χ1) is 11.0. The summed E-state index contributed by atoms with van der Waals surface area (Å²) in [7, 11) is 1.38. The van der Waals surface area contributed by atoms with E-state index in [1.54, 1.807) is 30.8 Å². The van der Waals surface area contributed by atoms with Crippen LogP contribution in [0.5, 0.6) is 0 Å². The van der Waals surface area contributed by atoms with E-state index in [0.29, 0.717) is 36.0 Å². The fourth-order valence-corrected chi connectivity index (χ4v) is 3.65. The number of ether oxygens (including phenoxy) is 1. The molecule has 23 heavy (non-hydrogen) atoms. The molecule has 1 aliphatic rings. The van der Waals surface area contributed by atoms with E-state index in [1.165, 1.54) is 13.2 Å². The summed E-state index contributed by atoms with van der Waals surface area (Å²) >= 11 is 1.55. The third-order valence-electron chi connectivity index (χ3n) is 4.01. The van der Waals surface area contributed by atoms with Crippen molar-refractivity contribution in [1.29, 1.82) is 0 Å². The summed E-state index contributed by atoms with van der Waals surface area (Å²) in [6.07, 6.45) is 1.96. The Morgan fingerprint density at radius 2 is 2.22 bits per heavy atom. The van der Waals surface area contributed by atoms with E-state index in [9.17, 15) is 14.0 Å². The summed E-state index contributed by atoms with van der Waals surface area (Å²) in [6.45, 7) is 3.15. The van der Waals surface area contributed by atoms with Crippen LogP contribution in [0, 0.1) is 12.7 Å². The Kier molecular flexibility index (Phi) is 6.45. The van der Waals surface area contributed by atoms with E-state index in [1.807, 2.05) is 4.90 Å². The number of thioether (sulfide) groups is 1. The van der Waals surface area contributed by atoms with Gasteiger partial charge in [0.1, 0.15) is 5.82 Å². The van der Waals surface area contributed by atoms with Crippen LogP contribution in [0.2, 0.25) is 0 Å². The maximum absolute atomic E-state index is 13.2. The van der Waals surface area contributed by atoms with Crippen LogP contribution < -0.4 is 0 Å². The quantitative estimate of drug-likeness (QED) is 0.748. The van der Waals surface area contributed by atoms with Gasteiger partial charge in [0.05, 0.1) is 12.9 Å². The minimum atomic E-state index is -0.230. The molecule has 126 valence electrons. The molecule has 1 fully saturated rings. The zero-order chi connectivity index (χ0) is 16.8. The summed E-state index contributed by atoms with van der Waals surface area (Å²) in [6, 6.07) is 4.97. The van der Waals surface area contributed by atoms with Crippen molar-refractivity contribution >= 4 is 23.6 Å². The van der Waals surface area contributed by atoms with Crippen LogP contribution in [0.4, 0.5) is 4.39 Å². The number of benzene rings is 1. The summed E-state index contributed by atoms with van der Waals surface area (Å²) < 4.78 is 17.9. The molecule has 0 spiro atoms. The Morgan fingerprint density at radius 3 is 2.91 bits per heavy atom. The Labute approximate surface area is 140 Å². The lowest BCUT2D eigenvalue weighted by atomic mass is 10.1. The normalized spacial score (nSPS) is 17.3. The lowest BCUT2D eigenvalue weighted by molar-refractivity contribution is -0.137. The van der Waals surface area contributed by atoms with E-state index < -0.39 is 0 Å². The summed E-state index contributed by atoms with van der Waals surface area (Å²) in [5.74, 6) is 0.00242. The second kappa shape index (κ2) is 8.34. The number of hydrogen-bond donors (Lipinski definition) is 0. The van der Waals surface area contributed by atoms with Gasteiger partial charge in [0.25, 0.3) is 0 Å². The van der Waals surface area contributed by atoms with Gasteiger partial charge in [0.2, 0.25) is 5.91 Å². The summed E-state index contributed by atoms with van der Waals surface area (Å²) in [5.41, 5.74) is 1.59. The van der Waals surface area contributed by atoms with Crippen LogP contribution in [0.25, 0.3) is 0 Å². The second-order valence-electron chi connectivity index (χ2n) is 5.72. The first-order valence-electron chi connectivity index (χ1n) is 7.71. The minimum absolute atomic E-state index is 0.119. The second-order valence-corrected chi connectivity index (χ2v) is 7.01. The van der Waals surface area contributed by atoms with Crippen molar-refractivity contribution in [3.63, 3.8) is 0 Å². The van der Waals surface area contributed by atoms with Crippen LogP contribution >= 0.6 is 11.8 Å². The standard InChI is InChI=1S/C17H22FNO3S/c1-12-9-13(3-5-15(12)18)4-6-16(20)19-8-7-14(10-19)23-11-17(21)22-2/h3,5,9,14H,4,6-8,10-11H2,1-2H3/t14-/m1/s1. The zero-order valence-corrected chi connectivity index (χ0v) is 14.3. The van der Waals surface area contributed by atoms with E-state index >= 15 is 0 Å². The number of methoxy groups -OCH3 is 1. The van der Waals surface area contributed by atoms with Crippen LogP contribution in [-0.4, -0.2) is 48.0 Å². The maximum Gasteiger partial charge on any atom is 0.315 e. The van der Waals surface area contributed by atoms with Gasteiger partial charge in [-0.1, -0.05) is 12.1 Å². The molecule has 1 aromatic rings. The van der Waals surface area contributed by atoms with Gasteiger partial charge in [-0.3, -0.25) is 9.59 Å². The molecule has 4 nitrogen and oxygen atoms in total. The lowest BCUT2D eigenvalue weighted by Gasteiger charge is -2.16. The summed E-state index contributed by atoms with van der Waals surface area (Å²) in [4.78, 5) is 25.3. The van der Waals surface area contributed by atoms with Gasteiger partial charge < -0.3 is 9.64 Å². The van der Waals surface area contributed by atoms with Gasteiger partial charge >= 0.3 is 5.97 Å². The van der Waals surface area contributed by atoms with Crippen LogP contribution in [0.1, 0.15) is 24.0 Å². The largest absolute Gasteiger partial charge is 0.468 e. The molecule has 0 saturated carbocycles. The predicted octanol–water partition coefficient (Wildman–Crippen LogP) is 2.57. The molecule has 2 rings (SSSR count). The fraction of sp³-hybridized carbons (Fsp3) is 0.529. The number of halogens is 1. The van der Waals surface area contributed by atoms with Crippen LogP contribution in [0.15, 0.2) is 18.2 Å². The van der Waals surface area contributed by atoms with Gasteiger partial charge in [0.15, 0.2) is 0 Å². The molecule has 6 heteroatoms. The smallest absolute Gasteiger partial charge is 0.315 e. The molecule has 1 aliphatic heterocycles. The minimum Gasteiger partial charge on any atom is -0.468 e. The fourth-order valence-electron chi connectivity index (χ4n) is 2.61. The monoisotopic (exact) mass is 339 g/mol.